The number of carbonyl (C=O) groups excluding carboxylic acids is 1. The number of carbonyl (C=O) groups is 1. The number of sulfone groups is 1. The van der Waals surface area contributed by atoms with E-state index in [0.29, 0.717) is 18.9 Å². The molecule has 1 atom stereocenters. The van der Waals surface area contributed by atoms with Gasteiger partial charge in [-0.05, 0) is 44.5 Å². The van der Waals surface area contributed by atoms with Crippen LogP contribution in [0.15, 0.2) is 30.3 Å². The predicted octanol–water partition coefficient (Wildman–Crippen LogP) is 1.08. The van der Waals surface area contributed by atoms with Gasteiger partial charge < -0.3 is 10.1 Å². The highest BCUT2D eigenvalue weighted by Gasteiger charge is 2.35. The van der Waals surface area contributed by atoms with Crippen LogP contribution in [-0.4, -0.2) is 63.0 Å². The van der Waals surface area contributed by atoms with E-state index in [-0.39, 0.29) is 23.6 Å². The quantitative estimate of drug-likeness (QED) is 0.763. The summed E-state index contributed by atoms with van der Waals surface area (Å²) in [6.45, 7) is 2.56. The molecular weight excluding hydrogens is 340 g/mol. The maximum Gasteiger partial charge on any atom is 0.223 e. The first-order valence-corrected chi connectivity index (χ1v) is 10.8. The number of nitrogens with one attached hydrogen (secondary N) is 1. The molecule has 1 N–H and O–H groups in total. The third-order valence-electron chi connectivity index (χ3n) is 5.04. The molecule has 1 aromatic carbocycles. The molecule has 0 saturated carbocycles. The Balaban J connectivity index is 1.34. The Kier molecular flexibility index (Phi) is 5.96. The molecule has 1 amide bonds. The van der Waals surface area contributed by atoms with Crippen LogP contribution in [0.3, 0.4) is 0 Å². The van der Waals surface area contributed by atoms with Crippen LogP contribution >= 0.6 is 0 Å². The van der Waals surface area contributed by atoms with Crippen molar-refractivity contribution in [3.05, 3.63) is 30.3 Å². The fourth-order valence-electron chi connectivity index (χ4n) is 3.59. The van der Waals surface area contributed by atoms with E-state index >= 15 is 0 Å². The van der Waals surface area contributed by atoms with E-state index in [2.05, 4.69) is 10.2 Å². The fourth-order valence-corrected chi connectivity index (χ4v) is 5.36. The highest BCUT2D eigenvalue weighted by Crippen LogP contribution is 2.24. The molecule has 1 aromatic rings. The molecule has 0 aliphatic carbocycles. The summed E-state index contributed by atoms with van der Waals surface area (Å²) in [6, 6.07) is 9.69. The summed E-state index contributed by atoms with van der Waals surface area (Å²) in [5.74, 6) is 1.48. The fraction of sp³-hybridized carbons (Fsp3) is 0.611. The van der Waals surface area contributed by atoms with E-state index in [0.717, 1.165) is 38.1 Å². The summed E-state index contributed by atoms with van der Waals surface area (Å²) in [7, 11) is -2.85. The molecule has 2 aliphatic heterocycles. The molecule has 2 aliphatic rings. The van der Waals surface area contributed by atoms with E-state index in [1.54, 1.807) is 0 Å². The van der Waals surface area contributed by atoms with Crippen molar-refractivity contribution in [1.29, 1.82) is 0 Å². The van der Waals surface area contributed by atoms with Crippen LogP contribution in [0.25, 0.3) is 0 Å². The molecule has 0 radical (unpaired) electrons. The molecule has 2 fully saturated rings. The minimum Gasteiger partial charge on any atom is -0.492 e. The number of hydrogen-bond acceptors (Lipinski definition) is 5. The minimum absolute atomic E-state index is 0.0194. The lowest BCUT2D eigenvalue weighted by molar-refractivity contribution is -0.126. The summed E-state index contributed by atoms with van der Waals surface area (Å²) in [6.07, 6.45) is 2.32. The smallest absolute Gasteiger partial charge is 0.223 e. The van der Waals surface area contributed by atoms with Crippen molar-refractivity contribution < 1.29 is 17.9 Å². The summed E-state index contributed by atoms with van der Waals surface area (Å²) >= 11 is 0. The molecule has 2 saturated heterocycles. The van der Waals surface area contributed by atoms with Gasteiger partial charge >= 0.3 is 0 Å². The third kappa shape index (κ3) is 5.19. The van der Waals surface area contributed by atoms with Crippen LogP contribution in [0.4, 0.5) is 0 Å². The van der Waals surface area contributed by atoms with Crippen LogP contribution in [0.5, 0.6) is 5.75 Å². The first-order valence-electron chi connectivity index (χ1n) is 8.93. The number of ether oxygens (including phenoxy) is 1. The van der Waals surface area contributed by atoms with Crippen molar-refractivity contribution in [3.8, 4) is 5.75 Å². The average Bonchev–Trinajstić information content (AvgIpc) is 2.99. The predicted molar refractivity (Wildman–Crippen MR) is 96.3 cm³/mol. The molecule has 7 heteroatoms. The first kappa shape index (κ1) is 18.2. The lowest BCUT2D eigenvalue weighted by Crippen LogP contribution is -2.45. The maximum absolute atomic E-state index is 12.3. The van der Waals surface area contributed by atoms with Crippen molar-refractivity contribution in [1.82, 2.24) is 10.2 Å². The largest absolute Gasteiger partial charge is 0.492 e. The number of hydrogen-bond donors (Lipinski definition) is 1. The molecule has 138 valence electrons. The Morgan fingerprint density at radius 1 is 1.16 bits per heavy atom. The molecule has 3 rings (SSSR count). The second-order valence-electron chi connectivity index (χ2n) is 6.82. The standard InChI is InChI=1S/C18H26N2O4S/c21-18(19-9-12-24-17-4-2-1-3-5-17)15-6-10-20(11-7-15)16-8-13-25(22,23)14-16/h1-5,15-16H,6-14H2,(H,19,21)/t16-/m0/s1. The lowest BCUT2D eigenvalue weighted by atomic mass is 9.94. The normalized spacial score (nSPS) is 24.1. The number of amides is 1. The Labute approximate surface area is 149 Å². The van der Waals surface area contributed by atoms with Gasteiger partial charge in [0.15, 0.2) is 9.84 Å². The molecule has 0 aromatic heterocycles. The summed E-state index contributed by atoms with van der Waals surface area (Å²) in [5.41, 5.74) is 0. The van der Waals surface area contributed by atoms with E-state index in [1.807, 2.05) is 30.3 Å². The highest BCUT2D eigenvalue weighted by molar-refractivity contribution is 7.91. The SMILES string of the molecule is O=C(NCCOc1ccccc1)C1CCN([C@H]2CCS(=O)(=O)C2)CC1. The van der Waals surface area contributed by atoms with Gasteiger partial charge in [0.25, 0.3) is 0 Å². The second-order valence-corrected chi connectivity index (χ2v) is 9.05. The van der Waals surface area contributed by atoms with Crippen LogP contribution in [0.2, 0.25) is 0 Å². The first-order chi connectivity index (χ1) is 12.0. The van der Waals surface area contributed by atoms with E-state index < -0.39 is 9.84 Å². The van der Waals surface area contributed by atoms with Crippen molar-refractivity contribution in [2.24, 2.45) is 5.92 Å². The van der Waals surface area contributed by atoms with Gasteiger partial charge in [0.05, 0.1) is 18.1 Å². The van der Waals surface area contributed by atoms with Gasteiger partial charge in [-0.1, -0.05) is 18.2 Å². The van der Waals surface area contributed by atoms with Crippen LogP contribution in [0.1, 0.15) is 19.3 Å². The summed E-state index contributed by atoms with van der Waals surface area (Å²) in [5, 5.41) is 2.94. The average molecular weight is 366 g/mol. The van der Waals surface area contributed by atoms with Gasteiger partial charge in [-0.3, -0.25) is 9.69 Å². The van der Waals surface area contributed by atoms with Crippen molar-refractivity contribution >= 4 is 15.7 Å². The van der Waals surface area contributed by atoms with E-state index in [9.17, 15) is 13.2 Å². The van der Waals surface area contributed by atoms with Gasteiger partial charge in [0.1, 0.15) is 12.4 Å². The molecule has 0 bridgehead atoms. The van der Waals surface area contributed by atoms with Crippen molar-refractivity contribution in [2.45, 2.75) is 25.3 Å². The Bertz CT molecular complexity index is 670. The van der Waals surface area contributed by atoms with E-state index in [1.165, 1.54) is 0 Å². The minimum atomic E-state index is -2.85. The number of para-hydroxylation sites is 1. The molecule has 25 heavy (non-hydrogen) atoms. The Morgan fingerprint density at radius 2 is 1.88 bits per heavy atom. The van der Waals surface area contributed by atoms with Crippen LogP contribution in [0, 0.1) is 5.92 Å². The van der Waals surface area contributed by atoms with Crippen LogP contribution in [-0.2, 0) is 14.6 Å². The van der Waals surface area contributed by atoms with Crippen molar-refractivity contribution in [2.75, 3.05) is 37.7 Å². The number of nitrogens with zero attached hydrogens (tertiary/aromatic N) is 1. The van der Waals surface area contributed by atoms with Crippen LogP contribution < -0.4 is 10.1 Å². The number of piperidine rings is 1. The molecule has 6 nitrogen and oxygen atoms in total. The van der Waals surface area contributed by atoms with Gasteiger partial charge in [0, 0.05) is 12.0 Å². The third-order valence-corrected chi connectivity index (χ3v) is 6.79. The molecule has 0 unspecified atom stereocenters. The van der Waals surface area contributed by atoms with E-state index in [4.69, 9.17) is 4.74 Å². The van der Waals surface area contributed by atoms with Gasteiger partial charge in [-0.25, -0.2) is 8.42 Å². The monoisotopic (exact) mass is 366 g/mol. The van der Waals surface area contributed by atoms with Crippen molar-refractivity contribution in [3.63, 3.8) is 0 Å². The summed E-state index contributed by atoms with van der Waals surface area (Å²) in [4.78, 5) is 14.5. The summed E-state index contributed by atoms with van der Waals surface area (Å²) < 4.78 is 28.8. The van der Waals surface area contributed by atoms with Gasteiger partial charge in [-0.2, -0.15) is 0 Å². The number of likely N-dealkylation sites (tertiary alicyclic amines) is 1. The Morgan fingerprint density at radius 3 is 2.52 bits per heavy atom. The molecular formula is C18H26N2O4S. The zero-order valence-corrected chi connectivity index (χ0v) is 15.2. The zero-order valence-electron chi connectivity index (χ0n) is 14.4. The van der Waals surface area contributed by atoms with Gasteiger partial charge in [0.2, 0.25) is 5.91 Å². The second kappa shape index (κ2) is 8.19. The highest BCUT2D eigenvalue weighted by atomic mass is 32.2. The molecule has 0 spiro atoms. The topological polar surface area (TPSA) is 75.7 Å². The molecule has 2 heterocycles. The lowest BCUT2D eigenvalue weighted by Gasteiger charge is -2.34. The number of rotatable bonds is 6. The Hall–Kier alpha value is -1.60. The zero-order chi connectivity index (χ0) is 17.7. The van der Waals surface area contributed by atoms with Gasteiger partial charge in [-0.15, -0.1) is 0 Å². The maximum atomic E-state index is 12.3. The number of benzene rings is 1.